The third-order valence-electron chi connectivity index (χ3n) is 4.40. The van der Waals surface area contributed by atoms with Crippen LogP contribution in [0.2, 0.25) is 0 Å². The number of nitrogens with one attached hydrogen (secondary N) is 1. The molecule has 3 rings (SSSR count). The maximum absolute atomic E-state index is 3.45. The van der Waals surface area contributed by atoms with Gasteiger partial charge >= 0.3 is 0 Å². The van der Waals surface area contributed by atoms with Gasteiger partial charge in [-0.05, 0) is 62.2 Å². The molecule has 0 atom stereocenters. The number of rotatable bonds is 4. The lowest BCUT2D eigenvalue weighted by Gasteiger charge is -2.22. The Morgan fingerprint density at radius 1 is 1.11 bits per heavy atom. The lowest BCUT2D eigenvalue weighted by Crippen LogP contribution is -2.27. The van der Waals surface area contributed by atoms with Crippen molar-refractivity contribution in [2.45, 2.75) is 38.5 Å². The zero-order chi connectivity index (χ0) is 12.2. The highest BCUT2D eigenvalue weighted by molar-refractivity contribution is 5.63. The zero-order valence-corrected chi connectivity index (χ0v) is 11.1. The quantitative estimate of drug-likeness (QED) is 0.845. The normalized spacial score (nSPS) is 19.7. The van der Waals surface area contributed by atoms with Gasteiger partial charge < -0.3 is 5.32 Å². The van der Waals surface area contributed by atoms with Crippen LogP contribution in [0.3, 0.4) is 0 Å². The highest BCUT2D eigenvalue weighted by Gasteiger charge is 2.14. The highest BCUT2D eigenvalue weighted by Crippen LogP contribution is 2.29. The van der Waals surface area contributed by atoms with E-state index in [4.69, 9.17) is 0 Å². The van der Waals surface area contributed by atoms with Crippen LogP contribution in [0.15, 0.2) is 29.8 Å². The van der Waals surface area contributed by atoms with Crippen LogP contribution in [0.5, 0.6) is 0 Å². The molecular weight excluding hydrogens is 218 g/mol. The molecule has 0 spiro atoms. The second-order valence-corrected chi connectivity index (χ2v) is 5.76. The van der Waals surface area contributed by atoms with Gasteiger partial charge in [0.05, 0.1) is 0 Å². The van der Waals surface area contributed by atoms with E-state index in [1.165, 1.54) is 62.7 Å². The van der Waals surface area contributed by atoms with Gasteiger partial charge in [0, 0.05) is 0 Å². The summed E-state index contributed by atoms with van der Waals surface area (Å²) in [6.45, 7) is 2.47. The predicted octanol–water partition coefficient (Wildman–Crippen LogP) is 3.80. The molecule has 0 saturated carbocycles. The van der Waals surface area contributed by atoms with Crippen molar-refractivity contribution in [2.24, 2.45) is 5.92 Å². The Hall–Kier alpha value is -1.08. The second-order valence-electron chi connectivity index (χ2n) is 5.76. The van der Waals surface area contributed by atoms with E-state index in [9.17, 15) is 0 Å². The Balaban J connectivity index is 1.45. The third-order valence-corrected chi connectivity index (χ3v) is 4.40. The summed E-state index contributed by atoms with van der Waals surface area (Å²) < 4.78 is 0. The van der Waals surface area contributed by atoms with Gasteiger partial charge in [0.2, 0.25) is 0 Å². The van der Waals surface area contributed by atoms with E-state index >= 15 is 0 Å². The number of benzene rings is 1. The number of fused-ring (bicyclic) bond motifs is 1. The number of allylic oxidation sites excluding steroid dienone is 1. The van der Waals surface area contributed by atoms with Gasteiger partial charge in [-0.15, -0.1) is 0 Å². The molecule has 1 aromatic rings. The fourth-order valence-corrected chi connectivity index (χ4v) is 3.30. The van der Waals surface area contributed by atoms with Gasteiger partial charge in [0.15, 0.2) is 0 Å². The van der Waals surface area contributed by atoms with Gasteiger partial charge in [-0.25, -0.2) is 0 Å². The van der Waals surface area contributed by atoms with Crippen LogP contribution >= 0.6 is 0 Å². The number of hydrogen-bond acceptors (Lipinski definition) is 1. The maximum atomic E-state index is 3.45. The molecule has 1 heteroatoms. The molecule has 1 nitrogen and oxygen atoms in total. The minimum atomic E-state index is 0.982. The summed E-state index contributed by atoms with van der Waals surface area (Å²) in [7, 11) is 0. The standard InChI is InChI=1S/C17H23N/c1-2-7-17-13-15(12-16(17)6-1)5-3-4-14-8-10-18-11-9-14/h1-2,6-7,12,14,18H,3-5,8-11,13H2. The molecule has 1 saturated heterocycles. The average molecular weight is 241 g/mol. The summed E-state index contributed by atoms with van der Waals surface area (Å²) >= 11 is 0. The molecule has 0 amide bonds. The molecule has 0 unspecified atom stereocenters. The van der Waals surface area contributed by atoms with E-state index in [0.29, 0.717) is 0 Å². The summed E-state index contributed by atoms with van der Waals surface area (Å²) in [5.74, 6) is 0.982. The van der Waals surface area contributed by atoms with E-state index < -0.39 is 0 Å². The van der Waals surface area contributed by atoms with Crippen LogP contribution in [-0.4, -0.2) is 13.1 Å². The summed E-state index contributed by atoms with van der Waals surface area (Å²) in [6, 6.07) is 8.82. The first-order valence-electron chi connectivity index (χ1n) is 7.40. The van der Waals surface area contributed by atoms with Crippen molar-refractivity contribution in [3.63, 3.8) is 0 Å². The van der Waals surface area contributed by atoms with Crippen molar-refractivity contribution < 1.29 is 0 Å². The molecule has 0 bridgehead atoms. The van der Waals surface area contributed by atoms with Crippen LogP contribution < -0.4 is 5.32 Å². The minimum Gasteiger partial charge on any atom is -0.317 e. The fourth-order valence-electron chi connectivity index (χ4n) is 3.30. The monoisotopic (exact) mass is 241 g/mol. The minimum absolute atomic E-state index is 0.982. The fraction of sp³-hybridized carbons (Fsp3) is 0.529. The average Bonchev–Trinajstić information content (AvgIpc) is 2.82. The van der Waals surface area contributed by atoms with E-state index in [1.54, 1.807) is 5.57 Å². The molecule has 1 N–H and O–H groups in total. The van der Waals surface area contributed by atoms with Crippen molar-refractivity contribution in [3.8, 4) is 0 Å². The molecule has 18 heavy (non-hydrogen) atoms. The molecule has 1 heterocycles. The van der Waals surface area contributed by atoms with Gasteiger partial charge in [0.25, 0.3) is 0 Å². The van der Waals surface area contributed by atoms with Crippen LogP contribution in [0.25, 0.3) is 6.08 Å². The van der Waals surface area contributed by atoms with Crippen LogP contribution in [0, 0.1) is 5.92 Å². The summed E-state index contributed by atoms with van der Waals surface area (Å²) in [5, 5.41) is 3.45. The topological polar surface area (TPSA) is 12.0 Å². The van der Waals surface area contributed by atoms with Gasteiger partial charge in [0.1, 0.15) is 0 Å². The molecule has 1 aromatic carbocycles. The summed E-state index contributed by atoms with van der Waals surface area (Å²) in [4.78, 5) is 0. The first kappa shape index (κ1) is 12.0. The number of hydrogen-bond donors (Lipinski definition) is 1. The molecule has 2 aliphatic rings. The molecule has 1 aliphatic heterocycles. The van der Waals surface area contributed by atoms with Gasteiger partial charge in [-0.1, -0.05) is 42.3 Å². The first-order valence-corrected chi connectivity index (χ1v) is 7.40. The molecule has 1 aliphatic carbocycles. The summed E-state index contributed by atoms with van der Waals surface area (Å²) in [6.07, 6.45) is 10.5. The Morgan fingerprint density at radius 3 is 2.78 bits per heavy atom. The maximum Gasteiger partial charge on any atom is -0.00463 e. The Bertz CT molecular complexity index is 427. The smallest absolute Gasteiger partial charge is 0.00463 e. The van der Waals surface area contributed by atoms with Crippen molar-refractivity contribution in [2.75, 3.05) is 13.1 Å². The SMILES string of the molecule is C1=C(CCCC2CCNCC2)Cc2ccccc21. The van der Waals surface area contributed by atoms with Crippen LogP contribution in [-0.2, 0) is 6.42 Å². The highest BCUT2D eigenvalue weighted by atomic mass is 14.9. The van der Waals surface area contributed by atoms with Gasteiger partial charge in [-0.2, -0.15) is 0 Å². The van der Waals surface area contributed by atoms with Crippen LogP contribution in [0.4, 0.5) is 0 Å². The Kier molecular flexibility index (Phi) is 3.80. The van der Waals surface area contributed by atoms with Crippen molar-refractivity contribution in [1.82, 2.24) is 5.32 Å². The van der Waals surface area contributed by atoms with Gasteiger partial charge in [-0.3, -0.25) is 0 Å². The summed E-state index contributed by atoms with van der Waals surface area (Å²) in [5.41, 5.74) is 4.62. The van der Waals surface area contributed by atoms with Crippen molar-refractivity contribution in [1.29, 1.82) is 0 Å². The largest absolute Gasteiger partial charge is 0.317 e. The third kappa shape index (κ3) is 2.84. The molecular formula is C17H23N. The van der Waals surface area contributed by atoms with E-state index in [0.717, 1.165) is 5.92 Å². The Labute approximate surface area is 110 Å². The lowest BCUT2D eigenvalue weighted by atomic mass is 9.91. The Morgan fingerprint density at radius 2 is 1.94 bits per heavy atom. The predicted molar refractivity (Wildman–Crippen MR) is 77.6 cm³/mol. The second kappa shape index (κ2) is 5.71. The lowest BCUT2D eigenvalue weighted by molar-refractivity contribution is 0.347. The van der Waals surface area contributed by atoms with Crippen molar-refractivity contribution in [3.05, 3.63) is 41.0 Å². The molecule has 0 aromatic heterocycles. The van der Waals surface area contributed by atoms with E-state index in [1.807, 2.05) is 0 Å². The first-order chi connectivity index (χ1) is 8.92. The zero-order valence-electron chi connectivity index (χ0n) is 11.1. The molecule has 1 fully saturated rings. The van der Waals surface area contributed by atoms with Crippen molar-refractivity contribution >= 4 is 6.08 Å². The van der Waals surface area contributed by atoms with Crippen LogP contribution in [0.1, 0.15) is 43.2 Å². The molecule has 96 valence electrons. The van der Waals surface area contributed by atoms with E-state index in [-0.39, 0.29) is 0 Å². The number of piperidine rings is 1. The molecule has 0 radical (unpaired) electrons. The van der Waals surface area contributed by atoms with E-state index in [2.05, 4.69) is 35.7 Å².